The topological polar surface area (TPSA) is 42.7 Å². The molecule has 0 amide bonds. The van der Waals surface area contributed by atoms with Crippen LogP contribution in [0.5, 0.6) is 0 Å². The molecule has 0 saturated heterocycles. The van der Waals surface area contributed by atoms with Crippen LogP contribution in [-0.4, -0.2) is 14.8 Å². The second kappa shape index (κ2) is 6.28. The number of hydrogen-bond acceptors (Lipinski definition) is 3. The van der Waals surface area contributed by atoms with Gasteiger partial charge in [0.2, 0.25) is 0 Å². The zero-order chi connectivity index (χ0) is 14.7. The average Bonchev–Trinajstić information content (AvgIpc) is 3.03. The Hall–Kier alpha value is -1.85. The Labute approximate surface area is 135 Å². The molecule has 2 aromatic carbocycles. The van der Waals surface area contributed by atoms with Crippen LogP contribution in [0.3, 0.4) is 0 Å². The molecule has 3 aromatic rings. The highest BCUT2D eigenvalue weighted by atomic mass is 79.9. The molecule has 4 nitrogen and oxygen atoms in total. The van der Waals surface area contributed by atoms with E-state index in [1.807, 2.05) is 47.0 Å². The third kappa shape index (κ3) is 3.43. The largest absolute Gasteiger partial charge is 0.381 e. The number of anilines is 1. The Morgan fingerprint density at radius 3 is 2.67 bits per heavy atom. The minimum absolute atomic E-state index is 0.716. The fourth-order valence-corrected chi connectivity index (χ4v) is 2.51. The molecule has 0 unspecified atom stereocenters. The van der Waals surface area contributed by atoms with Crippen LogP contribution in [0.15, 0.2) is 59.6 Å². The molecule has 0 fully saturated rings. The smallest absolute Gasteiger partial charge is 0.123 e. The number of halogens is 2. The SMILES string of the molecule is Clc1ccc(CNc2cccc(-n3cnnc3)c2)cc1Br. The fourth-order valence-electron chi connectivity index (χ4n) is 1.96. The van der Waals surface area contributed by atoms with Crippen LogP contribution < -0.4 is 5.32 Å². The molecule has 106 valence electrons. The number of hydrogen-bond donors (Lipinski definition) is 1. The Balaban J connectivity index is 1.73. The predicted molar refractivity (Wildman–Crippen MR) is 87.8 cm³/mol. The molecular formula is C15H12BrClN4. The van der Waals surface area contributed by atoms with Crippen molar-refractivity contribution in [2.45, 2.75) is 6.54 Å². The van der Waals surface area contributed by atoms with Gasteiger partial charge < -0.3 is 5.32 Å². The van der Waals surface area contributed by atoms with Crippen molar-refractivity contribution in [3.8, 4) is 5.69 Å². The van der Waals surface area contributed by atoms with E-state index in [9.17, 15) is 0 Å². The van der Waals surface area contributed by atoms with E-state index in [0.717, 1.165) is 28.0 Å². The lowest BCUT2D eigenvalue weighted by atomic mass is 10.2. The number of rotatable bonds is 4. The van der Waals surface area contributed by atoms with Crippen LogP contribution in [0.25, 0.3) is 5.69 Å². The van der Waals surface area contributed by atoms with Gasteiger partial charge in [0.15, 0.2) is 0 Å². The fraction of sp³-hybridized carbons (Fsp3) is 0.0667. The summed E-state index contributed by atoms with van der Waals surface area (Å²) in [5.41, 5.74) is 3.20. The van der Waals surface area contributed by atoms with Crippen LogP contribution >= 0.6 is 27.5 Å². The quantitative estimate of drug-likeness (QED) is 0.751. The summed E-state index contributed by atoms with van der Waals surface area (Å²) in [7, 11) is 0. The third-order valence-corrected chi connectivity index (χ3v) is 4.26. The van der Waals surface area contributed by atoms with Crippen molar-refractivity contribution in [2.75, 3.05) is 5.32 Å². The summed E-state index contributed by atoms with van der Waals surface area (Å²) in [6.45, 7) is 0.724. The molecule has 0 aliphatic carbocycles. The highest BCUT2D eigenvalue weighted by Gasteiger charge is 2.01. The first-order chi connectivity index (χ1) is 10.2. The molecule has 0 radical (unpaired) electrons. The van der Waals surface area contributed by atoms with Crippen molar-refractivity contribution in [1.29, 1.82) is 0 Å². The summed E-state index contributed by atoms with van der Waals surface area (Å²) < 4.78 is 2.77. The van der Waals surface area contributed by atoms with Gasteiger partial charge in [0.25, 0.3) is 0 Å². The van der Waals surface area contributed by atoms with Crippen LogP contribution in [0, 0.1) is 0 Å². The summed E-state index contributed by atoms with van der Waals surface area (Å²) in [6.07, 6.45) is 3.35. The van der Waals surface area contributed by atoms with Crippen molar-refractivity contribution < 1.29 is 0 Å². The lowest BCUT2D eigenvalue weighted by Crippen LogP contribution is -2.00. The molecule has 0 spiro atoms. The van der Waals surface area contributed by atoms with Gasteiger partial charge in [-0.3, -0.25) is 4.57 Å². The molecule has 0 saturated carbocycles. The van der Waals surface area contributed by atoms with E-state index in [1.165, 1.54) is 0 Å². The van der Waals surface area contributed by atoms with E-state index in [4.69, 9.17) is 11.6 Å². The molecule has 1 heterocycles. The Morgan fingerprint density at radius 2 is 1.90 bits per heavy atom. The molecule has 21 heavy (non-hydrogen) atoms. The van der Waals surface area contributed by atoms with Crippen molar-refractivity contribution in [2.24, 2.45) is 0 Å². The predicted octanol–water partition coefficient (Wildman–Crippen LogP) is 4.30. The first kappa shape index (κ1) is 14.1. The normalized spacial score (nSPS) is 10.6. The van der Waals surface area contributed by atoms with Gasteiger partial charge >= 0.3 is 0 Å². The van der Waals surface area contributed by atoms with Gasteiger partial charge in [-0.2, -0.15) is 0 Å². The van der Waals surface area contributed by atoms with Crippen molar-refractivity contribution in [1.82, 2.24) is 14.8 Å². The second-order valence-corrected chi connectivity index (χ2v) is 5.78. The molecule has 0 aliphatic rings. The maximum Gasteiger partial charge on any atom is 0.123 e. The monoisotopic (exact) mass is 362 g/mol. The summed E-state index contributed by atoms with van der Waals surface area (Å²) in [5, 5.41) is 11.7. The van der Waals surface area contributed by atoms with E-state index < -0.39 is 0 Å². The molecule has 6 heteroatoms. The molecule has 1 aromatic heterocycles. The van der Waals surface area contributed by atoms with E-state index in [2.05, 4.69) is 31.4 Å². The molecule has 0 aliphatic heterocycles. The van der Waals surface area contributed by atoms with Gasteiger partial charge in [0.1, 0.15) is 12.7 Å². The highest BCUT2D eigenvalue weighted by molar-refractivity contribution is 9.10. The Bertz CT molecular complexity index is 743. The van der Waals surface area contributed by atoms with Gasteiger partial charge in [0, 0.05) is 16.7 Å². The second-order valence-electron chi connectivity index (χ2n) is 4.52. The molecular weight excluding hydrogens is 352 g/mol. The zero-order valence-electron chi connectivity index (χ0n) is 11.0. The molecule has 3 rings (SSSR count). The summed E-state index contributed by atoms with van der Waals surface area (Å²) in [5.74, 6) is 0. The first-order valence-electron chi connectivity index (χ1n) is 6.35. The highest BCUT2D eigenvalue weighted by Crippen LogP contribution is 2.24. The maximum absolute atomic E-state index is 5.99. The number of benzene rings is 2. The van der Waals surface area contributed by atoms with Gasteiger partial charge in [-0.05, 0) is 51.8 Å². The zero-order valence-corrected chi connectivity index (χ0v) is 13.3. The summed E-state index contributed by atoms with van der Waals surface area (Å²) in [6, 6.07) is 14.0. The Kier molecular flexibility index (Phi) is 4.22. The van der Waals surface area contributed by atoms with E-state index in [-0.39, 0.29) is 0 Å². The average molecular weight is 364 g/mol. The Morgan fingerprint density at radius 1 is 1.10 bits per heavy atom. The number of nitrogens with one attached hydrogen (secondary N) is 1. The minimum Gasteiger partial charge on any atom is -0.381 e. The van der Waals surface area contributed by atoms with E-state index in [1.54, 1.807) is 12.7 Å². The first-order valence-corrected chi connectivity index (χ1v) is 7.52. The third-order valence-electron chi connectivity index (χ3n) is 3.04. The molecule has 0 bridgehead atoms. The maximum atomic E-state index is 5.99. The van der Waals surface area contributed by atoms with Crippen molar-refractivity contribution in [3.63, 3.8) is 0 Å². The molecule has 1 N–H and O–H groups in total. The summed E-state index contributed by atoms with van der Waals surface area (Å²) in [4.78, 5) is 0. The van der Waals surface area contributed by atoms with Crippen LogP contribution in [0.4, 0.5) is 5.69 Å². The van der Waals surface area contributed by atoms with E-state index >= 15 is 0 Å². The summed E-state index contributed by atoms with van der Waals surface area (Å²) >= 11 is 9.43. The lowest BCUT2D eigenvalue weighted by molar-refractivity contribution is 1.05. The molecule has 0 atom stereocenters. The number of aromatic nitrogens is 3. The van der Waals surface area contributed by atoms with Crippen molar-refractivity contribution in [3.05, 3.63) is 70.2 Å². The van der Waals surface area contributed by atoms with Crippen LogP contribution in [0.1, 0.15) is 5.56 Å². The van der Waals surface area contributed by atoms with Gasteiger partial charge in [-0.25, -0.2) is 0 Å². The van der Waals surface area contributed by atoms with Crippen LogP contribution in [0.2, 0.25) is 5.02 Å². The van der Waals surface area contributed by atoms with Gasteiger partial charge in [0.05, 0.1) is 10.7 Å². The van der Waals surface area contributed by atoms with Crippen LogP contribution in [-0.2, 0) is 6.54 Å². The standard InChI is InChI=1S/C15H12BrClN4/c16-14-6-11(4-5-15(14)17)8-18-12-2-1-3-13(7-12)21-9-19-20-10-21/h1-7,9-10,18H,8H2. The lowest BCUT2D eigenvalue weighted by Gasteiger charge is -2.09. The minimum atomic E-state index is 0.716. The van der Waals surface area contributed by atoms with Crippen molar-refractivity contribution >= 4 is 33.2 Å². The van der Waals surface area contributed by atoms with E-state index in [0.29, 0.717) is 5.02 Å². The van der Waals surface area contributed by atoms with Gasteiger partial charge in [-0.1, -0.05) is 23.7 Å². The number of nitrogens with zero attached hydrogens (tertiary/aromatic N) is 3. The van der Waals surface area contributed by atoms with Gasteiger partial charge in [-0.15, -0.1) is 10.2 Å².